The van der Waals surface area contributed by atoms with E-state index < -0.39 is 39.4 Å². The van der Waals surface area contributed by atoms with Gasteiger partial charge in [0.15, 0.2) is 6.10 Å². The molecule has 1 amide bonds. The Balaban J connectivity index is 1.78. The zero-order valence-electron chi connectivity index (χ0n) is 18.5. The van der Waals surface area contributed by atoms with Crippen LogP contribution in [0.4, 0.5) is 10.1 Å². The van der Waals surface area contributed by atoms with Crippen molar-refractivity contribution in [2.45, 2.75) is 31.8 Å². The van der Waals surface area contributed by atoms with Crippen LogP contribution in [0.25, 0.3) is 10.8 Å². The van der Waals surface area contributed by atoms with Gasteiger partial charge in [0.2, 0.25) is 10.0 Å². The van der Waals surface area contributed by atoms with E-state index in [0.29, 0.717) is 5.69 Å². The van der Waals surface area contributed by atoms with Gasteiger partial charge in [0, 0.05) is 24.2 Å². The third kappa shape index (κ3) is 5.20. The van der Waals surface area contributed by atoms with E-state index in [2.05, 4.69) is 5.32 Å². The van der Waals surface area contributed by atoms with Crippen LogP contribution in [0, 0.1) is 5.82 Å². The number of ether oxygens (including phenoxy) is 1. The first-order valence-corrected chi connectivity index (χ1v) is 11.9. The van der Waals surface area contributed by atoms with Crippen LogP contribution in [0.15, 0.2) is 65.6 Å². The minimum Gasteiger partial charge on any atom is -0.449 e. The van der Waals surface area contributed by atoms with Crippen LogP contribution in [0.1, 0.15) is 31.1 Å². The Morgan fingerprint density at radius 3 is 2.39 bits per heavy atom. The van der Waals surface area contributed by atoms with E-state index in [1.807, 2.05) is 30.3 Å². The number of amides is 1. The molecule has 0 radical (unpaired) electrons. The topological polar surface area (TPSA) is 92.8 Å². The third-order valence-corrected chi connectivity index (χ3v) is 7.25. The number of benzene rings is 3. The number of halogens is 1. The molecule has 1 N–H and O–H groups in total. The molecule has 7 nitrogen and oxygen atoms in total. The van der Waals surface area contributed by atoms with E-state index in [4.69, 9.17) is 4.74 Å². The van der Waals surface area contributed by atoms with Crippen molar-refractivity contribution in [3.8, 4) is 0 Å². The third-order valence-electron chi connectivity index (χ3n) is 5.20. The van der Waals surface area contributed by atoms with E-state index in [1.165, 1.54) is 11.2 Å². The van der Waals surface area contributed by atoms with E-state index in [1.54, 1.807) is 26.0 Å². The van der Waals surface area contributed by atoms with Gasteiger partial charge >= 0.3 is 5.97 Å². The zero-order valence-corrected chi connectivity index (χ0v) is 19.4. The van der Waals surface area contributed by atoms with Crippen LogP contribution in [0.3, 0.4) is 0 Å². The summed E-state index contributed by atoms with van der Waals surface area (Å²) in [5.74, 6) is -2.68. The molecule has 0 aliphatic carbocycles. The number of hydrogen-bond donors (Lipinski definition) is 1. The van der Waals surface area contributed by atoms with Crippen molar-refractivity contribution in [2.75, 3.05) is 18.4 Å². The lowest BCUT2D eigenvalue weighted by Gasteiger charge is -2.19. The van der Waals surface area contributed by atoms with Gasteiger partial charge in [0.25, 0.3) is 5.91 Å². The smallest absolute Gasteiger partial charge is 0.341 e. The molecule has 3 aromatic carbocycles. The highest BCUT2D eigenvalue weighted by molar-refractivity contribution is 7.89. The number of carbonyl (C=O) groups is 2. The Labute approximate surface area is 192 Å². The van der Waals surface area contributed by atoms with E-state index in [9.17, 15) is 22.4 Å². The Morgan fingerprint density at radius 2 is 1.70 bits per heavy atom. The number of hydrogen-bond acceptors (Lipinski definition) is 5. The molecular weight excluding hydrogens is 447 g/mol. The molecule has 0 aliphatic rings. The maximum absolute atomic E-state index is 14.3. The maximum atomic E-state index is 14.3. The molecule has 1 atom stereocenters. The fourth-order valence-corrected chi connectivity index (χ4v) is 4.86. The van der Waals surface area contributed by atoms with Gasteiger partial charge in [-0.2, -0.15) is 4.31 Å². The average Bonchev–Trinajstić information content (AvgIpc) is 2.80. The van der Waals surface area contributed by atoms with Crippen molar-refractivity contribution in [1.82, 2.24) is 4.31 Å². The minimum absolute atomic E-state index is 0.224. The highest BCUT2D eigenvalue weighted by Gasteiger charge is 2.26. The summed E-state index contributed by atoms with van der Waals surface area (Å²) in [6.45, 7) is 5.15. The van der Waals surface area contributed by atoms with Gasteiger partial charge < -0.3 is 10.1 Å². The molecule has 0 bridgehead atoms. The number of sulfonamides is 1. The lowest BCUT2D eigenvalue weighted by molar-refractivity contribution is -0.123. The predicted octanol–water partition coefficient (Wildman–Crippen LogP) is 4.19. The summed E-state index contributed by atoms with van der Waals surface area (Å²) < 4.78 is 46.1. The molecule has 174 valence electrons. The van der Waals surface area contributed by atoms with E-state index in [-0.39, 0.29) is 18.0 Å². The molecule has 3 rings (SSSR count). The normalized spacial score (nSPS) is 12.5. The fourth-order valence-electron chi connectivity index (χ4n) is 3.38. The highest BCUT2D eigenvalue weighted by Crippen LogP contribution is 2.24. The SMILES string of the molecule is CCN(CC)S(=O)(=O)c1ccc(F)c(C(=O)OC(C)C(=O)Nc2cccc3ccccc23)c1. The molecule has 0 fully saturated rings. The number of nitrogens with one attached hydrogen (secondary N) is 1. The van der Waals surface area contributed by atoms with Crippen molar-refractivity contribution in [3.63, 3.8) is 0 Å². The summed E-state index contributed by atoms with van der Waals surface area (Å²) in [4.78, 5) is 25.0. The number of carbonyl (C=O) groups excluding carboxylic acids is 2. The van der Waals surface area contributed by atoms with Gasteiger partial charge in [-0.15, -0.1) is 0 Å². The molecule has 1 unspecified atom stereocenters. The number of fused-ring (bicyclic) bond motifs is 1. The lowest BCUT2D eigenvalue weighted by Crippen LogP contribution is -2.31. The molecule has 33 heavy (non-hydrogen) atoms. The van der Waals surface area contributed by atoms with Crippen molar-refractivity contribution >= 4 is 38.4 Å². The monoisotopic (exact) mass is 472 g/mol. The van der Waals surface area contributed by atoms with E-state index in [0.717, 1.165) is 29.0 Å². The lowest BCUT2D eigenvalue weighted by atomic mass is 10.1. The van der Waals surface area contributed by atoms with Gasteiger partial charge in [-0.3, -0.25) is 4.79 Å². The number of anilines is 1. The quantitative estimate of drug-likeness (QED) is 0.496. The predicted molar refractivity (Wildman–Crippen MR) is 124 cm³/mol. The molecule has 0 aromatic heterocycles. The summed E-state index contributed by atoms with van der Waals surface area (Å²) in [6, 6.07) is 15.8. The van der Waals surface area contributed by atoms with Crippen LogP contribution >= 0.6 is 0 Å². The number of nitrogens with zero attached hydrogens (tertiary/aromatic N) is 1. The van der Waals surface area contributed by atoms with Crippen molar-refractivity contribution in [3.05, 3.63) is 72.0 Å². The first-order chi connectivity index (χ1) is 15.7. The highest BCUT2D eigenvalue weighted by atomic mass is 32.2. The van der Waals surface area contributed by atoms with Crippen molar-refractivity contribution < 1.29 is 27.1 Å². The maximum Gasteiger partial charge on any atom is 0.341 e. The summed E-state index contributed by atoms with van der Waals surface area (Å²) >= 11 is 0. The minimum atomic E-state index is -3.90. The molecular formula is C24H25FN2O5S. The number of esters is 1. The summed E-state index contributed by atoms with van der Waals surface area (Å²) in [5.41, 5.74) is -0.0208. The Bertz CT molecular complexity index is 1280. The van der Waals surface area contributed by atoms with Crippen LogP contribution in [-0.4, -0.2) is 43.8 Å². The molecule has 0 saturated heterocycles. The molecule has 0 aliphatic heterocycles. The molecule has 0 saturated carbocycles. The second-order valence-electron chi connectivity index (χ2n) is 7.29. The van der Waals surface area contributed by atoms with Crippen LogP contribution in [-0.2, 0) is 19.6 Å². The van der Waals surface area contributed by atoms with Crippen LogP contribution in [0.5, 0.6) is 0 Å². The summed E-state index contributed by atoms with van der Waals surface area (Å²) in [5, 5.41) is 4.45. The van der Waals surface area contributed by atoms with Gasteiger partial charge in [0.05, 0.1) is 10.5 Å². The second-order valence-corrected chi connectivity index (χ2v) is 9.23. The number of rotatable bonds is 8. The van der Waals surface area contributed by atoms with Gasteiger partial charge in [-0.1, -0.05) is 50.2 Å². The first-order valence-electron chi connectivity index (χ1n) is 10.5. The summed E-state index contributed by atoms with van der Waals surface area (Å²) in [6.07, 6.45) is -1.25. The van der Waals surface area contributed by atoms with Crippen molar-refractivity contribution in [2.24, 2.45) is 0 Å². The largest absolute Gasteiger partial charge is 0.449 e. The molecule has 0 spiro atoms. The second kappa shape index (κ2) is 10.1. The first kappa shape index (κ1) is 24.3. The zero-order chi connectivity index (χ0) is 24.2. The van der Waals surface area contributed by atoms with Crippen LogP contribution < -0.4 is 5.32 Å². The Hall–Kier alpha value is -3.30. The van der Waals surface area contributed by atoms with E-state index >= 15 is 0 Å². The molecule has 9 heteroatoms. The standard InChI is InChI=1S/C24H25FN2O5S/c1-4-27(5-2)33(30,31)18-13-14-21(25)20(15-18)24(29)32-16(3)23(28)26-22-12-8-10-17-9-6-7-11-19(17)22/h6-16H,4-5H2,1-3H3,(H,26,28). The Kier molecular flexibility index (Phi) is 7.45. The fraction of sp³-hybridized carbons (Fsp3) is 0.250. The van der Waals surface area contributed by atoms with Crippen LogP contribution in [0.2, 0.25) is 0 Å². The van der Waals surface area contributed by atoms with Gasteiger partial charge in [0.1, 0.15) is 5.82 Å². The molecule has 0 heterocycles. The average molecular weight is 473 g/mol. The Morgan fingerprint density at radius 1 is 1.03 bits per heavy atom. The van der Waals surface area contributed by atoms with Gasteiger partial charge in [-0.25, -0.2) is 17.6 Å². The summed E-state index contributed by atoms with van der Waals surface area (Å²) in [7, 11) is -3.90. The van der Waals surface area contributed by atoms with Crippen molar-refractivity contribution in [1.29, 1.82) is 0 Å². The molecule has 3 aromatic rings. The van der Waals surface area contributed by atoms with Gasteiger partial charge in [-0.05, 0) is 36.6 Å².